The largest absolute Gasteiger partial charge is 0.299 e. The second-order valence-electron chi connectivity index (χ2n) is 6.56. The molecule has 1 saturated carbocycles. The van der Waals surface area contributed by atoms with Crippen molar-refractivity contribution in [1.29, 1.82) is 0 Å². The summed E-state index contributed by atoms with van der Waals surface area (Å²) in [6.45, 7) is 10.3. The van der Waals surface area contributed by atoms with Crippen LogP contribution in [-0.4, -0.2) is 47.6 Å². The first-order chi connectivity index (χ1) is 7.68. The van der Waals surface area contributed by atoms with Crippen molar-refractivity contribution in [3.05, 3.63) is 0 Å². The summed E-state index contributed by atoms with van der Waals surface area (Å²) >= 11 is 0. The molecule has 0 aromatic rings. The SMILES string of the molecule is CC(C)(C1CC1)N1CCCN2CCCC2C1. The fourth-order valence-electron chi connectivity index (χ4n) is 3.78. The van der Waals surface area contributed by atoms with Crippen molar-refractivity contribution < 1.29 is 0 Å². The minimum Gasteiger partial charge on any atom is -0.299 e. The molecule has 2 saturated heterocycles. The fourth-order valence-corrected chi connectivity index (χ4v) is 3.78. The smallest absolute Gasteiger partial charge is 0.0223 e. The monoisotopic (exact) mass is 222 g/mol. The van der Waals surface area contributed by atoms with Crippen molar-refractivity contribution in [3.63, 3.8) is 0 Å². The Bertz CT molecular complexity index is 257. The Labute approximate surface area is 100.0 Å². The Morgan fingerprint density at radius 2 is 1.69 bits per heavy atom. The maximum atomic E-state index is 2.81. The van der Waals surface area contributed by atoms with Gasteiger partial charge in [0.2, 0.25) is 0 Å². The molecule has 0 N–H and O–H groups in total. The third kappa shape index (κ3) is 1.91. The quantitative estimate of drug-likeness (QED) is 0.707. The van der Waals surface area contributed by atoms with E-state index in [4.69, 9.17) is 0 Å². The maximum Gasteiger partial charge on any atom is 0.0223 e. The Hall–Kier alpha value is -0.0800. The molecular weight excluding hydrogens is 196 g/mol. The second kappa shape index (κ2) is 3.99. The highest BCUT2D eigenvalue weighted by molar-refractivity contribution is 4.99. The Kier molecular flexibility index (Phi) is 2.75. The summed E-state index contributed by atoms with van der Waals surface area (Å²) < 4.78 is 0. The van der Waals surface area contributed by atoms with Crippen LogP contribution in [0.3, 0.4) is 0 Å². The fraction of sp³-hybridized carbons (Fsp3) is 1.00. The zero-order chi connectivity index (χ0) is 11.2. The topological polar surface area (TPSA) is 6.48 Å². The molecule has 1 aliphatic carbocycles. The third-order valence-corrected chi connectivity index (χ3v) is 5.20. The van der Waals surface area contributed by atoms with Gasteiger partial charge in [0, 0.05) is 18.1 Å². The molecule has 3 rings (SSSR count). The molecular formula is C14H26N2. The summed E-state index contributed by atoms with van der Waals surface area (Å²) in [5, 5.41) is 0. The number of rotatable bonds is 2. The van der Waals surface area contributed by atoms with E-state index in [1.807, 2.05) is 0 Å². The molecule has 3 aliphatic rings. The average Bonchev–Trinajstić information content (AvgIpc) is 3.04. The van der Waals surface area contributed by atoms with Gasteiger partial charge in [-0.25, -0.2) is 0 Å². The van der Waals surface area contributed by atoms with Gasteiger partial charge in [-0.15, -0.1) is 0 Å². The van der Waals surface area contributed by atoms with Crippen LogP contribution in [-0.2, 0) is 0 Å². The molecule has 2 aliphatic heterocycles. The lowest BCUT2D eigenvalue weighted by molar-refractivity contribution is 0.0893. The van der Waals surface area contributed by atoms with E-state index in [0.717, 1.165) is 12.0 Å². The molecule has 1 unspecified atom stereocenters. The molecule has 16 heavy (non-hydrogen) atoms. The van der Waals surface area contributed by atoms with Crippen LogP contribution in [0.2, 0.25) is 0 Å². The van der Waals surface area contributed by atoms with Crippen molar-refractivity contribution in [2.24, 2.45) is 5.92 Å². The van der Waals surface area contributed by atoms with Crippen LogP contribution < -0.4 is 0 Å². The van der Waals surface area contributed by atoms with Gasteiger partial charge < -0.3 is 0 Å². The Morgan fingerprint density at radius 1 is 0.938 bits per heavy atom. The van der Waals surface area contributed by atoms with Crippen molar-refractivity contribution in [3.8, 4) is 0 Å². The van der Waals surface area contributed by atoms with Crippen molar-refractivity contribution in [2.45, 2.75) is 57.5 Å². The number of hydrogen-bond donors (Lipinski definition) is 0. The number of hydrogen-bond acceptors (Lipinski definition) is 2. The molecule has 1 atom stereocenters. The van der Waals surface area contributed by atoms with Gasteiger partial charge in [0.1, 0.15) is 0 Å². The van der Waals surface area contributed by atoms with Gasteiger partial charge in [-0.1, -0.05) is 0 Å². The molecule has 3 fully saturated rings. The lowest BCUT2D eigenvalue weighted by atomic mass is 9.95. The molecule has 0 aromatic heterocycles. The Balaban J connectivity index is 1.70. The number of fused-ring (bicyclic) bond motifs is 1. The first-order valence-electron chi connectivity index (χ1n) is 7.17. The summed E-state index contributed by atoms with van der Waals surface area (Å²) in [6.07, 6.45) is 7.20. The van der Waals surface area contributed by atoms with E-state index < -0.39 is 0 Å². The van der Waals surface area contributed by atoms with Crippen LogP contribution in [0, 0.1) is 5.92 Å². The van der Waals surface area contributed by atoms with Crippen molar-refractivity contribution in [1.82, 2.24) is 9.80 Å². The average molecular weight is 222 g/mol. The Morgan fingerprint density at radius 3 is 2.44 bits per heavy atom. The standard InChI is InChI=1S/C14H26N2/c1-14(2,12-6-7-12)16-10-4-9-15-8-3-5-13(15)11-16/h12-13H,3-11H2,1-2H3. The zero-order valence-electron chi connectivity index (χ0n) is 10.9. The van der Waals surface area contributed by atoms with E-state index in [1.54, 1.807) is 0 Å². The van der Waals surface area contributed by atoms with E-state index in [9.17, 15) is 0 Å². The van der Waals surface area contributed by atoms with E-state index in [0.29, 0.717) is 5.54 Å². The molecule has 2 heteroatoms. The van der Waals surface area contributed by atoms with Gasteiger partial charge >= 0.3 is 0 Å². The van der Waals surface area contributed by atoms with Crippen LogP contribution in [0.15, 0.2) is 0 Å². The van der Waals surface area contributed by atoms with E-state index in [1.165, 1.54) is 58.3 Å². The van der Waals surface area contributed by atoms with E-state index in [2.05, 4.69) is 23.6 Å². The molecule has 2 heterocycles. The minimum absolute atomic E-state index is 0.471. The number of nitrogens with zero attached hydrogens (tertiary/aromatic N) is 2. The summed E-state index contributed by atoms with van der Waals surface area (Å²) in [6, 6.07) is 0.875. The summed E-state index contributed by atoms with van der Waals surface area (Å²) in [4.78, 5) is 5.55. The molecule has 0 amide bonds. The highest BCUT2D eigenvalue weighted by atomic mass is 15.3. The van der Waals surface area contributed by atoms with Crippen molar-refractivity contribution >= 4 is 0 Å². The first-order valence-corrected chi connectivity index (χ1v) is 7.17. The summed E-state index contributed by atoms with van der Waals surface area (Å²) in [5.74, 6) is 0.987. The van der Waals surface area contributed by atoms with Gasteiger partial charge in [0.15, 0.2) is 0 Å². The van der Waals surface area contributed by atoms with Crippen LogP contribution in [0.5, 0.6) is 0 Å². The molecule has 0 aromatic carbocycles. The van der Waals surface area contributed by atoms with Gasteiger partial charge in [-0.05, 0) is 71.5 Å². The van der Waals surface area contributed by atoms with E-state index in [-0.39, 0.29) is 0 Å². The molecule has 0 radical (unpaired) electrons. The van der Waals surface area contributed by atoms with Crippen molar-refractivity contribution in [2.75, 3.05) is 26.2 Å². The lowest BCUT2D eigenvalue weighted by Gasteiger charge is -2.40. The third-order valence-electron chi connectivity index (χ3n) is 5.20. The highest BCUT2D eigenvalue weighted by Crippen LogP contribution is 2.43. The van der Waals surface area contributed by atoms with Gasteiger partial charge in [-0.3, -0.25) is 9.80 Å². The minimum atomic E-state index is 0.471. The molecule has 0 spiro atoms. The van der Waals surface area contributed by atoms with E-state index >= 15 is 0 Å². The first kappa shape index (κ1) is 11.0. The van der Waals surface area contributed by atoms with Gasteiger partial charge in [-0.2, -0.15) is 0 Å². The van der Waals surface area contributed by atoms with Crippen LogP contribution >= 0.6 is 0 Å². The maximum absolute atomic E-state index is 2.81. The molecule has 2 nitrogen and oxygen atoms in total. The van der Waals surface area contributed by atoms with Gasteiger partial charge in [0.05, 0.1) is 0 Å². The normalized spacial score (nSPS) is 33.8. The zero-order valence-corrected chi connectivity index (χ0v) is 10.9. The van der Waals surface area contributed by atoms with Crippen LogP contribution in [0.25, 0.3) is 0 Å². The lowest BCUT2D eigenvalue weighted by Crippen LogP contribution is -2.49. The molecule has 0 bridgehead atoms. The second-order valence-corrected chi connectivity index (χ2v) is 6.56. The molecule has 92 valence electrons. The predicted octanol–water partition coefficient (Wildman–Crippen LogP) is 2.35. The predicted molar refractivity (Wildman–Crippen MR) is 67.6 cm³/mol. The van der Waals surface area contributed by atoms with Crippen LogP contribution in [0.1, 0.15) is 46.0 Å². The summed E-state index contributed by atoms with van der Waals surface area (Å²) in [7, 11) is 0. The highest BCUT2D eigenvalue weighted by Gasteiger charge is 2.43. The summed E-state index contributed by atoms with van der Waals surface area (Å²) in [5.41, 5.74) is 0.471. The van der Waals surface area contributed by atoms with Gasteiger partial charge in [0.25, 0.3) is 0 Å². The van der Waals surface area contributed by atoms with Crippen LogP contribution in [0.4, 0.5) is 0 Å².